The number of hydrogen-bond donors (Lipinski definition) is 2. The molecule has 84 valence electrons. The highest BCUT2D eigenvalue weighted by Gasteiger charge is 2.05. The van der Waals surface area contributed by atoms with Crippen molar-refractivity contribution in [3.63, 3.8) is 0 Å². The number of halogens is 1. The van der Waals surface area contributed by atoms with Crippen LogP contribution >= 0.6 is 15.9 Å². The molecule has 6 heteroatoms. The van der Waals surface area contributed by atoms with Crippen LogP contribution in [-0.2, 0) is 4.74 Å². The molecule has 0 amide bonds. The number of hydrogen-bond acceptors (Lipinski definition) is 5. The third kappa shape index (κ3) is 3.64. The molecule has 15 heavy (non-hydrogen) atoms. The standard InChI is InChI=1S/C9H15BrN4O/c1-3-15-5-4-12-9-7(10)8(11-2)13-6-14-9/h6H,3-5H2,1-2H3,(H2,11,12,13,14). The molecular formula is C9H15BrN4O. The van der Waals surface area contributed by atoms with Crippen LogP contribution in [0.15, 0.2) is 10.8 Å². The van der Waals surface area contributed by atoms with Crippen molar-refractivity contribution in [3.8, 4) is 0 Å². The highest BCUT2D eigenvalue weighted by molar-refractivity contribution is 9.10. The smallest absolute Gasteiger partial charge is 0.146 e. The van der Waals surface area contributed by atoms with Crippen LogP contribution in [0.1, 0.15) is 6.92 Å². The van der Waals surface area contributed by atoms with Crippen molar-refractivity contribution in [2.24, 2.45) is 0 Å². The lowest BCUT2D eigenvalue weighted by Crippen LogP contribution is -2.11. The molecule has 0 radical (unpaired) electrons. The van der Waals surface area contributed by atoms with E-state index in [9.17, 15) is 0 Å². The number of rotatable bonds is 6. The number of nitrogens with one attached hydrogen (secondary N) is 2. The molecule has 0 saturated carbocycles. The highest BCUT2D eigenvalue weighted by atomic mass is 79.9. The normalized spacial score (nSPS) is 10.1. The van der Waals surface area contributed by atoms with Crippen LogP contribution in [0.4, 0.5) is 11.6 Å². The van der Waals surface area contributed by atoms with Crippen LogP contribution < -0.4 is 10.6 Å². The van der Waals surface area contributed by atoms with Crippen LogP contribution in [-0.4, -0.2) is 36.8 Å². The van der Waals surface area contributed by atoms with Gasteiger partial charge in [-0.2, -0.15) is 0 Å². The quantitative estimate of drug-likeness (QED) is 0.774. The first kappa shape index (κ1) is 12.2. The van der Waals surface area contributed by atoms with Crippen molar-refractivity contribution in [1.29, 1.82) is 0 Å². The van der Waals surface area contributed by atoms with E-state index in [2.05, 4.69) is 36.5 Å². The van der Waals surface area contributed by atoms with Crippen molar-refractivity contribution < 1.29 is 4.74 Å². The van der Waals surface area contributed by atoms with Gasteiger partial charge in [0.25, 0.3) is 0 Å². The maximum atomic E-state index is 5.21. The van der Waals surface area contributed by atoms with Crippen molar-refractivity contribution in [2.45, 2.75) is 6.92 Å². The Morgan fingerprint density at radius 3 is 2.80 bits per heavy atom. The molecule has 5 nitrogen and oxygen atoms in total. The second-order valence-electron chi connectivity index (χ2n) is 2.76. The maximum absolute atomic E-state index is 5.21. The van der Waals surface area contributed by atoms with E-state index in [1.807, 2.05) is 14.0 Å². The summed E-state index contributed by atoms with van der Waals surface area (Å²) in [6, 6.07) is 0. The zero-order valence-electron chi connectivity index (χ0n) is 8.88. The largest absolute Gasteiger partial charge is 0.380 e. The average Bonchev–Trinajstić information content (AvgIpc) is 2.26. The maximum Gasteiger partial charge on any atom is 0.146 e. The van der Waals surface area contributed by atoms with E-state index in [4.69, 9.17) is 4.74 Å². The summed E-state index contributed by atoms with van der Waals surface area (Å²) in [5.74, 6) is 1.54. The van der Waals surface area contributed by atoms with Gasteiger partial charge in [0.2, 0.25) is 0 Å². The van der Waals surface area contributed by atoms with Crippen LogP contribution in [0.3, 0.4) is 0 Å². The van der Waals surface area contributed by atoms with Gasteiger partial charge in [0, 0.05) is 20.2 Å². The van der Waals surface area contributed by atoms with E-state index in [0.717, 1.165) is 29.3 Å². The zero-order valence-corrected chi connectivity index (χ0v) is 10.5. The zero-order chi connectivity index (χ0) is 11.1. The van der Waals surface area contributed by atoms with Gasteiger partial charge in [-0.05, 0) is 22.9 Å². The predicted octanol–water partition coefficient (Wildman–Crippen LogP) is 1.73. The van der Waals surface area contributed by atoms with Gasteiger partial charge in [-0.1, -0.05) is 0 Å². The molecular weight excluding hydrogens is 260 g/mol. The van der Waals surface area contributed by atoms with Gasteiger partial charge in [0.15, 0.2) is 0 Å². The molecule has 1 aromatic rings. The first-order valence-corrected chi connectivity index (χ1v) is 5.58. The lowest BCUT2D eigenvalue weighted by atomic mass is 10.5. The van der Waals surface area contributed by atoms with Crippen molar-refractivity contribution in [3.05, 3.63) is 10.8 Å². The Bertz CT molecular complexity index is 308. The minimum absolute atomic E-state index is 0.668. The fourth-order valence-electron chi connectivity index (χ4n) is 1.05. The molecule has 0 bridgehead atoms. The molecule has 0 unspecified atom stereocenters. The van der Waals surface area contributed by atoms with Gasteiger partial charge < -0.3 is 15.4 Å². The summed E-state index contributed by atoms with van der Waals surface area (Å²) in [5, 5.41) is 6.13. The molecule has 0 aliphatic carbocycles. The molecule has 0 aromatic carbocycles. The highest BCUT2D eigenvalue weighted by Crippen LogP contribution is 2.25. The van der Waals surface area contributed by atoms with Gasteiger partial charge in [-0.25, -0.2) is 9.97 Å². The number of aromatic nitrogens is 2. The van der Waals surface area contributed by atoms with Gasteiger partial charge in [-0.15, -0.1) is 0 Å². The lowest BCUT2D eigenvalue weighted by Gasteiger charge is -2.09. The van der Waals surface area contributed by atoms with E-state index >= 15 is 0 Å². The Hall–Kier alpha value is -0.880. The Morgan fingerprint density at radius 1 is 1.40 bits per heavy atom. The third-order valence-electron chi connectivity index (χ3n) is 1.77. The second kappa shape index (κ2) is 6.58. The summed E-state index contributed by atoms with van der Waals surface area (Å²) >= 11 is 3.42. The lowest BCUT2D eigenvalue weighted by molar-refractivity contribution is 0.158. The number of ether oxygens (including phenoxy) is 1. The topological polar surface area (TPSA) is 59.1 Å². The summed E-state index contributed by atoms with van der Waals surface area (Å²) < 4.78 is 6.05. The summed E-state index contributed by atoms with van der Waals surface area (Å²) in [7, 11) is 1.82. The molecule has 1 aromatic heterocycles. The van der Waals surface area contributed by atoms with Gasteiger partial charge >= 0.3 is 0 Å². The fourth-order valence-corrected chi connectivity index (χ4v) is 1.60. The minimum atomic E-state index is 0.668. The van der Waals surface area contributed by atoms with Gasteiger partial charge in [0.1, 0.15) is 22.4 Å². The Balaban J connectivity index is 2.53. The first-order valence-electron chi connectivity index (χ1n) is 4.79. The molecule has 0 fully saturated rings. The Labute approximate surface area is 97.8 Å². The van der Waals surface area contributed by atoms with Crippen molar-refractivity contribution in [1.82, 2.24) is 9.97 Å². The molecule has 2 N–H and O–H groups in total. The monoisotopic (exact) mass is 274 g/mol. The first-order chi connectivity index (χ1) is 7.29. The molecule has 0 atom stereocenters. The van der Waals surface area contributed by atoms with E-state index in [1.54, 1.807) is 0 Å². The fraction of sp³-hybridized carbons (Fsp3) is 0.556. The van der Waals surface area contributed by atoms with E-state index in [0.29, 0.717) is 6.61 Å². The molecule has 0 aliphatic heterocycles. The van der Waals surface area contributed by atoms with E-state index < -0.39 is 0 Å². The van der Waals surface area contributed by atoms with Crippen molar-refractivity contribution in [2.75, 3.05) is 37.4 Å². The molecule has 0 spiro atoms. The number of anilines is 2. The Morgan fingerprint density at radius 2 is 2.13 bits per heavy atom. The summed E-state index contributed by atoms with van der Waals surface area (Å²) in [6.45, 7) is 4.10. The van der Waals surface area contributed by atoms with Crippen LogP contribution in [0.2, 0.25) is 0 Å². The predicted molar refractivity (Wildman–Crippen MR) is 64.3 cm³/mol. The minimum Gasteiger partial charge on any atom is -0.380 e. The van der Waals surface area contributed by atoms with E-state index in [1.165, 1.54) is 6.33 Å². The van der Waals surface area contributed by atoms with Crippen LogP contribution in [0.25, 0.3) is 0 Å². The molecule has 1 heterocycles. The summed E-state index contributed by atoms with van der Waals surface area (Å²) in [5.41, 5.74) is 0. The Kier molecular flexibility index (Phi) is 5.34. The third-order valence-corrected chi connectivity index (χ3v) is 2.52. The summed E-state index contributed by atoms with van der Waals surface area (Å²) in [4.78, 5) is 8.18. The second-order valence-corrected chi connectivity index (χ2v) is 3.55. The van der Waals surface area contributed by atoms with Gasteiger partial charge in [-0.3, -0.25) is 0 Å². The molecule has 0 saturated heterocycles. The molecule has 1 rings (SSSR count). The summed E-state index contributed by atoms with van der Waals surface area (Å²) in [6.07, 6.45) is 1.51. The SMILES string of the molecule is CCOCCNc1ncnc(NC)c1Br. The van der Waals surface area contributed by atoms with Crippen LogP contribution in [0, 0.1) is 0 Å². The van der Waals surface area contributed by atoms with Crippen LogP contribution in [0.5, 0.6) is 0 Å². The number of nitrogens with zero attached hydrogens (tertiary/aromatic N) is 2. The average molecular weight is 275 g/mol. The van der Waals surface area contributed by atoms with Crippen molar-refractivity contribution >= 4 is 27.6 Å². The molecule has 0 aliphatic rings. The van der Waals surface area contributed by atoms with Gasteiger partial charge in [0.05, 0.1) is 6.61 Å². The van der Waals surface area contributed by atoms with E-state index in [-0.39, 0.29) is 0 Å².